The molecule has 0 bridgehead atoms. The highest BCUT2D eigenvalue weighted by Gasteiger charge is 2.13. The number of methoxy groups -OCH3 is 2. The summed E-state index contributed by atoms with van der Waals surface area (Å²) in [5, 5.41) is 6.48. The molecule has 0 spiro atoms. The maximum Gasteiger partial charge on any atom is 0.341 e. The molecular formula is C18H30IN3O4. The number of esters is 1. The molecule has 8 heteroatoms. The first kappa shape index (κ1) is 24.5. The molecule has 0 saturated heterocycles. The van der Waals surface area contributed by atoms with Crippen LogP contribution in [0.2, 0.25) is 0 Å². The van der Waals surface area contributed by atoms with Gasteiger partial charge in [0.1, 0.15) is 11.3 Å². The number of hydrogen-bond donors (Lipinski definition) is 2. The second-order valence-electron chi connectivity index (χ2n) is 5.28. The highest BCUT2D eigenvalue weighted by Crippen LogP contribution is 2.20. The number of benzene rings is 1. The van der Waals surface area contributed by atoms with E-state index in [-0.39, 0.29) is 24.0 Å². The van der Waals surface area contributed by atoms with Crippen molar-refractivity contribution in [2.75, 3.05) is 41.0 Å². The van der Waals surface area contributed by atoms with Gasteiger partial charge >= 0.3 is 5.97 Å². The Labute approximate surface area is 172 Å². The number of carbonyl (C=O) groups is 1. The normalized spacial score (nSPS) is 10.7. The van der Waals surface area contributed by atoms with E-state index in [1.807, 2.05) is 13.0 Å². The number of ether oxygens (including phenoxy) is 3. The van der Waals surface area contributed by atoms with Crippen molar-refractivity contribution in [3.8, 4) is 5.75 Å². The van der Waals surface area contributed by atoms with Crippen molar-refractivity contribution in [3.05, 3.63) is 29.3 Å². The number of carbonyl (C=O) groups excluding carboxylic acids is 1. The van der Waals surface area contributed by atoms with Gasteiger partial charge in [0.15, 0.2) is 5.96 Å². The van der Waals surface area contributed by atoms with Crippen LogP contribution in [0, 0.1) is 0 Å². The fourth-order valence-electron chi connectivity index (χ4n) is 2.22. The zero-order valence-corrected chi connectivity index (χ0v) is 18.3. The Morgan fingerprint density at radius 1 is 1.19 bits per heavy atom. The van der Waals surface area contributed by atoms with Gasteiger partial charge in [-0.15, -0.1) is 24.0 Å². The molecule has 1 rings (SSSR count). The lowest BCUT2D eigenvalue weighted by Gasteiger charge is -2.13. The fraction of sp³-hybridized carbons (Fsp3) is 0.556. The third-order valence-electron chi connectivity index (χ3n) is 3.56. The first-order valence-corrected chi connectivity index (χ1v) is 8.43. The van der Waals surface area contributed by atoms with Gasteiger partial charge in [-0.3, -0.25) is 4.99 Å². The van der Waals surface area contributed by atoms with Crippen molar-refractivity contribution in [1.82, 2.24) is 10.6 Å². The molecule has 0 aliphatic heterocycles. The molecule has 0 aliphatic rings. The Bertz CT molecular complexity index is 567. The first-order valence-electron chi connectivity index (χ1n) is 8.43. The maximum absolute atomic E-state index is 11.8. The number of nitrogens with zero attached hydrogens (tertiary/aromatic N) is 1. The van der Waals surface area contributed by atoms with E-state index in [9.17, 15) is 4.79 Å². The Morgan fingerprint density at radius 3 is 2.58 bits per heavy atom. The van der Waals surface area contributed by atoms with Gasteiger partial charge in [0.2, 0.25) is 0 Å². The van der Waals surface area contributed by atoms with Crippen LogP contribution in [0.25, 0.3) is 0 Å². The Hall–Kier alpha value is -1.55. The minimum Gasteiger partial charge on any atom is -0.496 e. The maximum atomic E-state index is 11.8. The van der Waals surface area contributed by atoms with E-state index in [2.05, 4.69) is 15.6 Å². The third-order valence-corrected chi connectivity index (χ3v) is 3.56. The van der Waals surface area contributed by atoms with Gasteiger partial charge < -0.3 is 24.8 Å². The SMILES string of the molecule is CCOCCCCNC(=NC)NCc1ccc(OC)c(C(=O)OC)c1.I. The topological polar surface area (TPSA) is 81.2 Å². The summed E-state index contributed by atoms with van der Waals surface area (Å²) in [7, 11) is 4.60. The van der Waals surface area contributed by atoms with Crippen molar-refractivity contribution in [2.24, 2.45) is 4.99 Å². The van der Waals surface area contributed by atoms with E-state index >= 15 is 0 Å². The molecule has 0 aromatic heterocycles. The highest BCUT2D eigenvalue weighted by molar-refractivity contribution is 14.0. The molecule has 0 unspecified atom stereocenters. The van der Waals surface area contributed by atoms with Gasteiger partial charge in [0.05, 0.1) is 14.2 Å². The molecule has 1 aromatic rings. The molecule has 0 atom stereocenters. The number of rotatable bonds is 10. The number of unbranched alkanes of at least 4 members (excludes halogenated alkanes) is 1. The summed E-state index contributed by atoms with van der Waals surface area (Å²) in [4.78, 5) is 16.0. The molecule has 0 saturated carbocycles. The van der Waals surface area contributed by atoms with Crippen molar-refractivity contribution in [3.63, 3.8) is 0 Å². The average molecular weight is 479 g/mol. The summed E-state index contributed by atoms with van der Waals surface area (Å²) >= 11 is 0. The molecule has 0 amide bonds. The lowest BCUT2D eigenvalue weighted by molar-refractivity contribution is 0.0597. The van der Waals surface area contributed by atoms with Crippen LogP contribution in [0.4, 0.5) is 0 Å². The number of hydrogen-bond acceptors (Lipinski definition) is 5. The monoisotopic (exact) mass is 479 g/mol. The molecule has 1 aromatic carbocycles. The van der Waals surface area contributed by atoms with Gasteiger partial charge in [-0.05, 0) is 37.5 Å². The summed E-state index contributed by atoms with van der Waals surface area (Å²) in [6.07, 6.45) is 2.02. The van der Waals surface area contributed by atoms with Gasteiger partial charge in [-0.1, -0.05) is 6.07 Å². The molecule has 0 aliphatic carbocycles. The van der Waals surface area contributed by atoms with Crippen LogP contribution in [0.1, 0.15) is 35.7 Å². The Balaban J connectivity index is 0.00000625. The molecule has 2 N–H and O–H groups in total. The van der Waals surface area contributed by atoms with Gasteiger partial charge in [-0.25, -0.2) is 4.79 Å². The number of nitrogens with one attached hydrogen (secondary N) is 2. The predicted molar refractivity (Wildman–Crippen MR) is 114 cm³/mol. The van der Waals surface area contributed by atoms with Crippen LogP contribution in [-0.2, 0) is 16.0 Å². The Morgan fingerprint density at radius 2 is 1.96 bits per heavy atom. The van der Waals surface area contributed by atoms with E-state index in [1.165, 1.54) is 14.2 Å². The Kier molecular flexibility index (Phi) is 13.7. The summed E-state index contributed by atoms with van der Waals surface area (Å²) in [5.74, 6) is 0.787. The second kappa shape index (κ2) is 14.6. The number of guanidine groups is 1. The standard InChI is InChI=1S/C18H29N3O4.HI/c1-5-25-11-7-6-10-20-18(19-2)21-13-14-8-9-16(23-3)15(12-14)17(22)24-4;/h8-9,12H,5-7,10-11,13H2,1-4H3,(H2,19,20,21);1H. The summed E-state index contributed by atoms with van der Waals surface area (Å²) < 4.78 is 15.3. The minimum absolute atomic E-state index is 0. The molecule has 0 radical (unpaired) electrons. The zero-order valence-electron chi connectivity index (χ0n) is 16.0. The van der Waals surface area contributed by atoms with Gasteiger partial charge in [0.25, 0.3) is 0 Å². The number of aliphatic imine (C=N–C) groups is 1. The molecule has 0 fully saturated rings. The fourth-order valence-corrected chi connectivity index (χ4v) is 2.22. The zero-order chi connectivity index (χ0) is 18.5. The largest absolute Gasteiger partial charge is 0.496 e. The lowest BCUT2D eigenvalue weighted by Crippen LogP contribution is -2.37. The molecule has 7 nitrogen and oxygen atoms in total. The molecule has 26 heavy (non-hydrogen) atoms. The van der Waals surface area contributed by atoms with Crippen LogP contribution in [0.5, 0.6) is 5.75 Å². The van der Waals surface area contributed by atoms with Crippen LogP contribution >= 0.6 is 24.0 Å². The summed E-state index contributed by atoms with van der Waals surface area (Å²) in [5.41, 5.74) is 1.34. The quantitative estimate of drug-likeness (QED) is 0.177. The molecule has 148 valence electrons. The highest BCUT2D eigenvalue weighted by atomic mass is 127. The predicted octanol–water partition coefficient (Wildman–Crippen LogP) is 2.58. The van der Waals surface area contributed by atoms with E-state index in [0.717, 1.165) is 38.2 Å². The number of halogens is 1. The van der Waals surface area contributed by atoms with E-state index in [4.69, 9.17) is 14.2 Å². The van der Waals surface area contributed by atoms with Crippen molar-refractivity contribution < 1.29 is 19.0 Å². The third kappa shape index (κ3) is 8.70. The first-order chi connectivity index (χ1) is 12.2. The smallest absolute Gasteiger partial charge is 0.341 e. The van der Waals surface area contributed by atoms with Crippen LogP contribution in [-0.4, -0.2) is 53.0 Å². The second-order valence-corrected chi connectivity index (χ2v) is 5.28. The van der Waals surface area contributed by atoms with Crippen LogP contribution < -0.4 is 15.4 Å². The van der Waals surface area contributed by atoms with E-state index in [1.54, 1.807) is 19.2 Å². The summed E-state index contributed by atoms with van der Waals surface area (Å²) in [6.45, 7) is 4.89. The van der Waals surface area contributed by atoms with Crippen LogP contribution in [0.3, 0.4) is 0 Å². The van der Waals surface area contributed by atoms with Crippen LogP contribution in [0.15, 0.2) is 23.2 Å². The molecule has 0 heterocycles. The van der Waals surface area contributed by atoms with E-state index < -0.39 is 5.97 Å². The van der Waals surface area contributed by atoms with Crippen molar-refractivity contribution in [1.29, 1.82) is 0 Å². The minimum atomic E-state index is -0.421. The van der Waals surface area contributed by atoms with Gasteiger partial charge in [-0.2, -0.15) is 0 Å². The van der Waals surface area contributed by atoms with Crippen molar-refractivity contribution in [2.45, 2.75) is 26.3 Å². The van der Waals surface area contributed by atoms with Gasteiger partial charge in [0, 0.05) is 33.4 Å². The lowest BCUT2D eigenvalue weighted by atomic mass is 10.1. The van der Waals surface area contributed by atoms with E-state index in [0.29, 0.717) is 23.8 Å². The van der Waals surface area contributed by atoms with Crippen molar-refractivity contribution >= 4 is 35.9 Å². The average Bonchev–Trinajstić information content (AvgIpc) is 2.65. The molecular weight excluding hydrogens is 449 g/mol. The summed E-state index contributed by atoms with van der Waals surface area (Å²) in [6, 6.07) is 5.41.